The van der Waals surface area contributed by atoms with Crippen molar-refractivity contribution in [3.8, 4) is 11.5 Å². The molecule has 2 saturated heterocycles. The average molecular weight is 595 g/mol. The molecule has 2 aromatic carbocycles. The van der Waals surface area contributed by atoms with Gasteiger partial charge in [0.15, 0.2) is 5.13 Å². The van der Waals surface area contributed by atoms with E-state index in [4.69, 9.17) is 21.1 Å². The van der Waals surface area contributed by atoms with Gasteiger partial charge in [0, 0.05) is 35.3 Å². The summed E-state index contributed by atoms with van der Waals surface area (Å²) in [5, 5.41) is 5.33. The van der Waals surface area contributed by atoms with E-state index in [1.807, 2.05) is 0 Å². The van der Waals surface area contributed by atoms with Gasteiger partial charge in [0.1, 0.15) is 22.2 Å². The number of aromatic nitrogens is 1. The third-order valence-corrected chi connectivity index (χ3v) is 10.7. The van der Waals surface area contributed by atoms with Crippen LogP contribution in [0, 0.1) is 5.82 Å². The van der Waals surface area contributed by atoms with E-state index in [1.54, 1.807) is 23.6 Å². The Morgan fingerprint density at radius 1 is 1.15 bits per heavy atom. The molecule has 2 aliphatic rings. The minimum absolute atomic E-state index is 0.0435. The van der Waals surface area contributed by atoms with Crippen molar-refractivity contribution in [2.45, 2.75) is 49.1 Å². The summed E-state index contributed by atoms with van der Waals surface area (Å²) in [7, 11) is -1.36. The van der Waals surface area contributed by atoms with E-state index in [9.17, 15) is 8.42 Å². The van der Waals surface area contributed by atoms with Gasteiger partial charge in [0.25, 0.3) is 10.0 Å². The number of nitrogens with one attached hydrogen (secondary N) is 1. The maximum absolute atomic E-state index is 15.6. The van der Waals surface area contributed by atoms with Crippen molar-refractivity contribution >= 4 is 43.8 Å². The zero-order valence-electron chi connectivity index (χ0n) is 22.0. The Kier molecular flexibility index (Phi) is 8.23. The Morgan fingerprint density at radius 3 is 2.69 bits per heavy atom. The molecule has 1 atom stereocenters. The normalized spacial score (nSPS) is 19.5. The molecule has 0 radical (unpaired) electrons. The Hall–Kier alpha value is -2.60. The van der Waals surface area contributed by atoms with Crippen molar-refractivity contribution < 1.29 is 22.3 Å². The second kappa shape index (κ2) is 11.5. The molecule has 1 N–H and O–H groups in total. The van der Waals surface area contributed by atoms with Gasteiger partial charge in [-0.15, -0.1) is 11.3 Å². The zero-order chi connectivity index (χ0) is 27.6. The van der Waals surface area contributed by atoms with E-state index in [0.29, 0.717) is 29.3 Å². The average Bonchev–Trinajstić information content (AvgIpc) is 3.62. The van der Waals surface area contributed by atoms with Crippen LogP contribution in [0.1, 0.15) is 37.7 Å². The number of fused-ring (bicyclic) bond motifs is 1. The molecule has 3 heterocycles. The lowest BCUT2D eigenvalue weighted by Crippen LogP contribution is -2.51. The molecule has 3 aromatic rings. The highest BCUT2D eigenvalue weighted by atomic mass is 35.5. The monoisotopic (exact) mass is 594 g/mol. The van der Waals surface area contributed by atoms with Crippen LogP contribution in [0.5, 0.6) is 11.5 Å². The summed E-state index contributed by atoms with van der Waals surface area (Å²) >= 11 is 7.70. The molecule has 39 heavy (non-hydrogen) atoms. The summed E-state index contributed by atoms with van der Waals surface area (Å²) in [5.41, 5.74) is 0.995. The number of sulfonamides is 1. The van der Waals surface area contributed by atoms with E-state index < -0.39 is 20.7 Å². The third-order valence-electron chi connectivity index (χ3n) is 7.70. The molecule has 8 nitrogen and oxygen atoms in total. The molecule has 0 saturated carbocycles. The Labute approximate surface area is 237 Å². The smallest absolute Gasteiger partial charge is 0.269 e. The molecule has 0 bridgehead atoms. The number of halogens is 2. The maximum Gasteiger partial charge on any atom is 0.269 e. The van der Waals surface area contributed by atoms with E-state index in [2.05, 4.69) is 15.2 Å². The molecule has 1 aromatic heterocycles. The van der Waals surface area contributed by atoms with Crippen molar-refractivity contribution in [1.29, 1.82) is 0 Å². The first-order valence-corrected chi connectivity index (χ1v) is 15.6. The summed E-state index contributed by atoms with van der Waals surface area (Å²) in [6.07, 6.45) is 7.19. The van der Waals surface area contributed by atoms with Crippen molar-refractivity contribution in [2.24, 2.45) is 0 Å². The van der Waals surface area contributed by atoms with Crippen LogP contribution in [0.4, 0.5) is 15.2 Å². The Morgan fingerprint density at radius 2 is 1.95 bits per heavy atom. The molecule has 0 amide bonds. The summed E-state index contributed by atoms with van der Waals surface area (Å²) in [4.78, 5) is 6.21. The zero-order valence-corrected chi connectivity index (χ0v) is 24.3. The highest BCUT2D eigenvalue weighted by molar-refractivity contribution is 7.93. The fourth-order valence-corrected chi connectivity index (χ4v) is 8.28. The Bertz CT molecular complexity index is 1420. The van der Waals surface area contributed by atoms with Crippen molar-refractivity contribution in [3.05, 3.63) is 58.3 Å². The molecule has 2 fully saturated rings. The number of thiazole rings is 1. The van der Waals surface area contributed by atoms with E-state index in [0.717, 1.165) is 48.0 Å². The van der Waals surface area contributed by atoms with Crippen LogP contribution in [0.15, 0.2) is 46.8 Å². The first-order valence-electron chi connectivity index (χ1n) is 12.9. The fraction of sp³-hybridized carbons (Fsp3) is 0.444. The third kappa shape index (κ3) is 5.54. The van der Waals surface area contributed by atoms with Gasteiger partial charge in [-0.05, 0) is 63.0 Å². The van der Waals surface area contributed by atoms with Gasteiger partial charge < -0.3 is 14.8 Å². The summed E-state index contributed by atoms with van der Waals surface area (Å²) < 4.78 is 55.2. The number of anilines is 2. The van der Waals surface area contributed by atoms with Crippen LogP contribution in [0.2, 0.25) is 5.02 Å². The Balaban J connectivity index is 1.44. The molecule has 1 unspecified atom stereocenters. The lowest BCUT2D eigenvalue weighted by molar-refractivity contribution is 0.102. The van der Waals surface area contributed by atoms with E-state index in [1.165, 1.54) is 45.4 Å². The van der Waals surface area contributed by atoms with Gasteiger partial charge in [0.05, 0.1) is 31.5 Å². The SMILES string of the molecule is COc1ccc(CN(c2nccs2)S(=O)(=O)c2cc(Cl)c(NCC34CCCCN3CCC4)cc2F)c(OC)c1. The van der Waals surface area contributed by atoms with Gasteiger partial charge in [-0.3, -0.25) is 4.90 Å². The number of nitrogens with zero attached hydrogens (tertiary/aromatic N) is 3. The number of hydrogen-bond acceptors (Lipinski definition) is 8. The largest absolute Gasteiger partial charge is 0.497 e. The summed E-state index contributed by atoms with van der Waals surface area (Å²) in [6.45, 7) is 2.66. The molecule has 210 valence electrons. The van der Waals surface area contributed by atoms with Crippen LogP contribution >= 0.6 is 22.9 Å². The number of hydrogen-bond donors (Lipinski definition) is 1. The van der Waals surface area contributed by atoms with Crippen LogP contribution < -0.4 is 19.1 Å². The molecule has 12 heteroatoms. The topological polar surface area (TPSA) is 84.0 Å². The molecule has 0 aliphatic carbocycles. The highest BCUT2D eigenvalue weighted by Crippen LogP contribution is 2.39. The number of methoxy groups -OCH3 is 2. The minimum atomic E-state index is -4.38. The van der Waals surface area contributed by atoms with E-state index in [-0.39, 0.29) is 22.2 Å². The van der Waals surface area contributed by atoms with Gasteiger partial charge in [0.2, 0.25) is 0 Å². The molecule has 2 aliphatic heterocycles. The lowest BCUT2D eigenvalue weighted by atomic mass is 9.86. The van der Waals surface area contributed by atoms with Crippen LogP contribution in [0.25, 0.3) is 0 Å². The number of benzene rings is 2. The van der Waals surface area contributed by atoms with E-state index >= 15 is 4.39 Å². The van der Waals surface area contributed by atoms with Crippen molar-refractivity contribution in [1.82, 2.24) is 9.88 Å². The first kappa shape index (κ1) is 27.9. The van der Waals surface area contributed by atoms with Crippen LogP contribution in [0.3, 0.4) is 0 Å². The predicted octanol–water partition coefficient (Wildman–Crippen LogP) is 5.78. The molecular formula is C27H32ClFN4O4S2. The summed E-state index contributed by atoms with van der Waals surface area (Å²) in [5.74, 6) is 0.121. The first-order chi connectivity index (χ1) is 18.8. The van der Waals surface area contributed by atoms with Crippen LogP contribution in [-0.4, -0.2) is 57.7 Å². The van der Waals surface area contributed by atoms with Crippen LogP contribution in [-0.2, 0) is 16.6 Å². The van der Waals surface area contributed by atoms with Gasteiger partial charge >= 0.3 is 0 Å². The standard InChI is InChI=1S/C27H32ClFN4O4S2/c1-36-20-7-6-19(24(14-20)37-2)17-33(26-30-10-13-38-26)39(34,35)25-15-21(28)23(16-22(25)29)31-18-27-8-3-4-11-32(27)12-5-9-27/h6-7,10,13-16,31H,3-5,8-9,11-12,17-18H2,1-2H3. The predicted molar refractivity (Wildman–Crippen MR) is 152 cm³/mol. The van der Waals surface area contributed by atoms with Gasteiger partial charge in [-0.1, -0.05) is 18.0 Å². The molecule has 5 rings (SSSR count). The van der Waals surface area contributed by atoms with Gasteiger partial charge in [-0.25, -0.2) is 22.1 Å². The second-order valence-corrected chi connectivity index (χ2v) is 13.0. The second-order valence-electron chi connectivity index (χ2n) is 9.89. The van der Waals surface area contributed by atoms with Crippen molar-refractivity contribution in [3.63, 3.8) is 0 Å². The highest BCUT2D eigenvalue weighted by Gasteiger charge is 2.42. The molecular weight excluding hydrogens is 563 g/mol. The fourth-order valence-electron chi connectivity index (χ4n) is 5.64. The number of rotatable bonds is 10. The quantitative estimate of drug-likeness (QED) is 0.319. The molecule has 0 spiro atoms. The number of ether oxygens (including phenoxy) is 2. The van der Waals surface area contributed by atoms with Crippen molar-refractivity contribution in [2.75, 3.05) is 43.5 Å². The lowest BCUT2D eigenvalue weighted by Gasteiger charge is -2.42. The minimum Gasteiger partial charge on any atom is -0.497 e. The summed E-state index contributed by atoms with van der Waals surface area (Å²) in [6, 6.07) is 7.45. The maximum atomic E-state index is 15.6. The number of piperidine rings is 1. The van der Waals surface area contributed by atoms with Gasteiger partial charge in [-0.2, -0.15) is 0 Å².